The van der Waals surface area contributed by atoms with Gasteiger partial charge in [-0.15, -0.1) is 10.3 Å². The van der Waals surface area contributed by atoms with Crippen molar-refractivity contribution >= 4 is 27.6 Å². The standard InChI is InChI=1S/C25H28NO/c1-24(2)16-18(17-25(3,4)26(24)27)13-14-23-21-11-7-5-9-19(21)15-20-10-6-8-12-22(20)23/h5-15,18H,16-17H2,1-4H3/b14-13+. The highest BCUT2D eigenvalue weighted by molar-refractivity contribution is 6.06. The van der Waals surface area contributed by atoms with Crippen molar-refractivity contribution < 1.29 is 5.21 Å². The molecule has 1 heterocycles. The molecule has 27 heavy (non-hydrogen) atoms. The summed E-state index contributed by atoms with van der Waals surface area (Å²) in [7, 11) is 0. The zero-order valence-corrected chi connectivity index (χ0v) is 16.7. The highest BCUT2D eigenvalue weighted by Crippen LogP contribution is 2.41. The van der Waals surface area contributed by atoms with Gasteiger partial charge in [0.25, 0.3) is 0 Å². The maximum atomic E-state index is 12.6. The summed E-state index contributed by atoms with van der Waals surface area (Å²) in [6.07, 6.45) is 6.41. The number of hydrogen-bond donors (Lipinski definition) is 0. The topological polar surface area (TPSA) is 23.1 Å². The van der Waals surface area contributed by atoms with E-state index in [1.165, 1.54) is 32.2 Å². The molecule has 3 aromatic carbocycles. The van der Waals surface area contributed by atoms with E-state index in [0.717, 1.165) is 12.8 Å². The Labute approximate surface area is 162 Å². The Hall–Kier alpha value is -2.16. The van der Waals surface area contributed by atoms with Crippen LogP contribution in [0.2, 0.25) is 0 Å². The second kappa shape index (κ2) is 6.47. The van der Waals surface area contributed by atoms with Gasteiger partial charge < -0.3 is 0 Å². The molecule has 3 aromatic rings. The van der Waals surface area contributed by atoms with E-state index in [2.05, 4.69) is 94.4 Å². The summed E-state index contributed by atoms with van der Waals surface area (Å²) in [5.41, 5.74) is 0.610. The number of fused-ring (bicyclic) bond motifs is 2. The van der Waals surface area contributed by atoms with Crippen LogP contribution in [0.15, 0.2) is 60.7 Å². The monoisotopic (exact) mass is 358 g/mol. The molecule has 1 aliphatic rings. The fourth-order valence-electron chi connectivity index (χ4n) is 4.94. The van der Waals surface area contributed by atoms with Crippen LogP contribution >= 0.6 is 0 Å². The lowest BCUT2D eigenvalue weighted by Crippen LogP contribution is -2.57. The zero-order valence-electron chi connectivity index (χ0n) is 16.7. The molecule has 0 bridgehead atoms. The predicted octanol–water partition coefficient (Wildman–Crippen LogP) is 6.62. The molecule has 0 atom stereocenters. The largest absolute Gasteiger partial charge is 0.144 e. The number of allylic oxidation sites excluding steroid dienone is 1. The first-order chi connectivity index (χ1) is 12.8. The molecule has 2 nitrogen and oxygen atoms in total. The first-order valence-electron chi connectivity index (χ1n) is 9.84. The van der Waals surface area contributed by atoms with Crippen molar-refractivity contribution in [3.63, 3.8) is 0 Å². The fraction of sp³-hybridized carbons (Fsp3) is 0.360. The third-order valence-electron chi connectivity index (χ3n) is 5.97. The molecule has 1 aliphatic heterocycles. The van der Waals surface area contributed by atoms with Gasteiger partial charge in [-0.1, -0.05) is 60.7 Å². The Kier molecular flexibility index (Phi) is 4.37. The average molecular weight is 359 g/mol. The van der Waals surface area contributed by atoms with Crippen LogP contribution in [0.3, 0.4) is 0 Å². The smallest absolute Gasteiger partial charge is 0.0449 e. The van der Waals surface area contributed by atoms with Crippen LogP contribution in [0.5, 0.6) is 0 Å². The summed E-state index contributed by atoms with van der Waals surface area (Å²) in [6, 6.07) is 19.4. The Balaban J connectivity index is 1.78. The number of hydrogen-bond acceptors (Lipinski definition) is 1. The van der Waals surface area contributed by atoms with Crippen molar-refractivity contribution in [1.29, 1.82) is 0 Å². The minimum atomic E-state index is -0.336. The SMILES string of the molecule is CC1(C)CC(/C=C/c2c3ccccc3cc3ccccc23)CC(C)(C)N1[O]. The van der Waals surface area contributed by atoms with Crippen LogP contribution in [-0.2, 0) is 5.21 Å². The average Bonchev–Trinajstić information content (AvgIpc) is 2.62. The normalized spacial score (nSPS) is 20.6. The molecule has 1 radical (unpaired) electrons. The van der Waals surface area contributed by atoms with E-state index in [0.29, 0.717) is 5.92 Å². The Morgan fingerprint density at radius 3 is 1.85 bits per heavy atom. The lowest BCUT2D eigenvalue weighted by Gasteiger charge is -2.49. The van der Waals surface area contributed by atoms with Gasteiger partial charge in [-0.3, -0.25) is 0 Å². The van der Waals surface area contributed by atoms with Gasteiger partial charge in [-0.25, -0.2) is 0 Å². The highest BCUT2D eigenvalue weighted by atomic mass is 16.5. The first kappa shape index (κ1) is 18.2. The van der Waals surface area contributed by atoms with Crippen LogP contribution in [-0.4, -0.2) is 16.1 Å². The van der Waals surface area contributed by atoms with Crippen molar-refractivity contribution in [3.8, 4) is 0 Å². The van der Waals surface area contributed by atoms with Crippen molar-refractivity contribution in [2.24, 2.45) is 5.92 Å². The molecule has 1 saturated heterocycles. The summed E-state index contributed by atoms with van der Waals surface area (Å²) in [5, 5.41) is 19.0. The van der Waals surface area contributed by atoms with Gasteiger partial charge >= 0.3 is 0 Å². The summed E-state index contributed by atoms with van der Waals surface area (Å²) in [5.74, 6) is 0.401. The maximum Gasteiger partial charge on any atom is 0.0449 e. The van der Waals surface area contributed by atoms with Gasteiger partial charge in [-0.05, 0) is 79.6 Å². The minimum absolute atomic E-state index is 0.336. The predicted molar refractivity (Wildman–Crippen MR) is 114 cm³/mol. The highest BCUT2D eigenvalue weighted by Gasteiger charge is 2.45. The fourth-order valence-corrected chi connectivity index (χ4v) is 4.94. The van der Waals surface area contributed by atoms with Gasteiger partial charge in [0.05, 0.1) is 0 Å². The van der Waals surface area contributed by atoms with Crippen LogP contribution in [0.4, 0.5) is 0 Å². The molecule has 139 valence electrons. The quantitative estimate of drug-likeness (QED) is 0.472. The second-order valence-corrected chi connectivity index (χ2v) is 9.18. The van der Waals surface area contributed by atoms with E-state index in [4.69, 9.17) is 0 Å². The second-order valence-electron chi connectivity index (χ2n) is 9.18. The lowest BCUT2D eigenvalue weighted by molar-refractivity contribution is -0.291. The molecule has 0 unspecified atom stereocenters. The van der Waals surface area contributed by atoms with Gasteiger partial charge in [0.15, 0.2) is 0 Å². The van der Waals surface area contributed by atoms with Gasteiger partial charge in [0.2, 0.25) is 0 Å². The molecule has 0 aromatic heterocycles. The number of piperidine rings is 1. The van der Waals surface area contributed by atoms with E-state index in [1.54, 1.807) is 0 Å². The Morgan fingerprint density at radius 2 is 1.33 bits per heavy atom. The van der Waals surface area contributed by atoms with Crippen LogP contribution in [0.1, 0.15) is 46.1 Å². The summed E-state index contributed by atoms with van der Waals surface area (Å²) < 4.78 is 0. The Bertz CT molecular complexity index is 943. The van der Waals surface area contributed by atoms with Crippen LogP contribution in [0.25, 0.3) is 27.6 Å². The molecule has 0 aliphatic carbocycles. The zero-order chi connectivity index (χ0) is 19.2. The summed E-state index contributed by atoms with van der Waals surface area (Å²) in [4.78, 5) is 0. The maximum absolute atomic E-state index is 12.6. The summed E-state index contributed by atoms with van der Waals surface area (Å²) >= 11 is 0. The van der Waals surface area contributed by atoms with Crippen LogP contribution in [0, 0.1) is 5.92 Å². The molecular formula is C25H28NO. The van der Waals surface area contributed by atoms with Gasteiger partial charge in [-0.2, -0.15) is 0 Å². The van der Waals surface area contributed by atoms with E-state index in [1.807, 2.05) is 0 Å². The molecule has 0 spiro atoms. The molecule has 0 amide bonds. The van der Waals surface area contributed by atoms with Crippen molar-refractivity contribution in [2.45, 2.75) is 51.6 Å². The number of benzene rings is 3. The van der Waals surface area contributed by atoms with Crippen molar-refractivity contribution in [1.82, 2.24) is 5.06 Å². The van der Waals surface area contributed by atoms with Crippen LogP contribution < -0.4 is 0 Å². The minimum Gasteiger partial charge on any atom is -0.144 e. The van der Waals surface area contributed by atoms with Gasteiger partial charge in [0, 0.05) is 11.1 Å². The third-order valence-corrected chi connectivity index (χ3v) is 5.97. The molecule has 4 rings (SSSR count). The van der Waals surface area contributed by atoms with E-state index in [-0.39, 0.29) is 11.1 Å². The van der Waals surface area contributed by atoms with Crippen molar-refractivity contribution in [3.05, 3.63) is 66.2 Å². The lowest BCUT2D eigenvalue weighted by atomic mass is 9.75. The van der Waals surface area contributed by atoms with E-state index in [9.17, 15) is 5.21 Å². The molecule has 0 N–H and O–H groups in total. The molecule has 1 fully saturated rings. The number of rotatable bonds is 2. The third kappa shape index (κ3) is 3.28. The summed E-state index contributed by atoms with van der Waals surface area (Å²) in [6.45, 7) is 8.26. The Morgan fingerprint density at radius 1 is 0.852 bits per heavy atom. The molecule has 2 heteroatoms. The van der Waals surface area contributed by atoms with Crippen molar-refractivity contribution in [2.75, 3.05) is 0 Å². The molecular weight excluding hydrogens is 330 g/mol. The molecule has 0 saturated carbocycles. The van der Waals surface area contributed by atoms with E-state index < -0.39 is 0 Å². The van der Waals surface area contributed by atoms with Gasteiger partial charge in [0.1, 0.15) is 0 Å². The first-order valence-corrected chi connectivity index (χ1v) is 9.84. The number of hydroxylamine groups is 2. The van der Waals surface area contributed by atoms with E-state index >= 15 is 0 Å². The number of nitrogens with zero attached hydrogens (tertiary/aromatic N) is 1.